The summed E-state index contributed by atoms with van der Waals surface area (Å²) >= 11 is 1.62. The Labute approximate surface area is 146 Å². The summed E-state index contributed by atoms with van der Waals surface area (Å²) in [6, 6.07) is 10.1. The molecule has 0 radical (unpaired) electrons. The van der Waals surface area contributed by atoms with Crippen LogP contribution in [0.4, 0.5) is 4.79 Å². The molecule has 0 aliphatic carbocycles. The van der Waals surface area contributed by atoms with E-state index in [2.05, 4.69) is 22.4 Å². The summed E-state index contributed by atoms with van der Waals surface area (Å²) in [5.74, 6) is 0. The molecule has 2 amide bonds. The molecule has 1 aliphatic heterocycles. The number of hydrogen-bond donors (Lipinski definition) is 1. The van der Waals surface area contributed by atoms with E-state index >= 15 is 0 Å². The maximum absolute atomic E-state index is 12.5. The van der Waals surface area contributed by atoms with Crippen LogP contribution in [0.15, 0.2) is 36.5 Å². The Kier molecular flexibility index (Phi) is 5.48. The van der Waals surface area contributed by atoms with E-state index in [9.17, 15) is 4.79 Å². The second kappa shape index (κ2) is 7.77. The number of carbonyl (C=O) groups is 1. The molecule has 128 valence electrons. The minimum absolute atomic E-state index is 0.0447. The third kappa shape index (κ3) is 4.33. The topological polar surface area (TPSA) is 54.5 Å². The van der Waals surface area contributed by atoms with Crippen LogP contribution in [0.5, 0.6) is 0 Å². The second-order valence-corrected chi connectivity index (χ2v) is 7.38. The number of thiazole rings is 1. The van der Waals surface area contributed by atoms with Crippen molar-refractivity contribution in [2.75, 3.05) is 19.7 Å². The van der Waals surface area contributed by atoms with Crippen molar-refractivity contribution in [3.05, 3.63) is 52.0 Å². The lowest BCUT2D eigenvalue weighted by atomic mass is 10.1. The number of aryl methyl sites for hydroxylation is 1. The van der Waals surface area contributed by atoms with Gasteiger partial charge in [0.05, 0.1) is 18.8 Å². The molecular weight excluding hydrogens is 322 g/mol. The normalized spacial score (nSPS) is 19.1. The van der Waals surface area contributed by atoms with Gasteiger partial charge in [0.2, 0.25) is 0 Å². The standard InChI is InChI=1S/C18H23N3O2S/c1-13-11-19-17(24-13)14(2)20-18(22)21-8-9-23-16(12-21)10-15-6-4-3-5-7-15/h3-7,11,14,16H,8-10,12H2,1-2H3,(H,20,22)/t14-,16-/m1/s1. The van der Waals surface area contributed by atoms with E-state index in [1.54, 1.807) is 11.3 Å². The van der Waals surface area contributed by atoms with Gasteiger partial charge in [0.1, 0.15) is 5.01 Å². The van der Waals surface area contributed by atoms with Crippen molar-refractivity contribution in [3.63, 3.8) is 0 Å². The van der Waals surface area contributed by atoms with Crippen molar-refractivity contribution < 1.29 is 9.53 Å². The van der Waals surface area contributed by atoms with Crippen LogP contribution in [0.1, 0.15) is 28.4 Å². The van der Waals surface area contributed by atoms with Gasteiger partial charge in [-0.3, -0.25) is 0 Å². The van der Waals surface area contributed by atoms with Gasteiger partial charge >= 0.3 is 6.03 Å². The fraction of sp³-hybridized carbons (Fsp3) is 0.444. The molecule has 1 aromatic heterocycles. The Morgan fingerprint density at radius 3 is 2.96 bits per heavy atom. The van der Waals surface area contributed by atoms with E-state index < -0.39 is 0 Å². The molecule has 0 saturated carbocycles. The first-order valence-corrected chi connectivity index (χ1v) is 9.07. The maximum Gasteiger partial charge on any atom is 0.318 e. The van der Waals surface area contributed by atoms with Crippen LogP contribution in [0.3, 0.4) is 0 Å². The minimum atomic E-state index is -0.0772. The first kappa shape index (κ1) is 16.9. The van der Waals surface area contributed by atoms with Crippen LogP contribution in [0.25, 0.3) is 0 Å². The number of carbonyl (C=O) groups excluding carboxylic acids is 1. The zero-order valence-electron chi connectivity index (χ0n) is 14.1. The van der Waals surface area contributed by atoms with Gasteiger partial charge in [0.15, 0.2) is 0 Å². The highest BCUT2D eigenvalue weighted by Crippen LogP contribution is 2.19. The lowest BCUT2D eigenvalue weighted by molar-refractivity contribution is -0.0135. The predicted octanol–water partition coefficient (Wildman–Crippen LogP) is 3.17. The highest BCUT2D eigenvalue weighted by molar-refractivity contribution is 7.11. The van der Waals surface area contributed by atoms with E-state index in [1.807, 2.05) is 43.1 Å². The molecule has 1 fully saturated rings. The molecule has 2 heterocycles. The number of hydrogen-bond acceptors (Lipinski definition) is 4. The van der Waals surface area contributed by atoms with E-state index in [-0.39, 0.29) is 18.2 Å². The van der Waals surface area contributed by atoms with Gasteiger partial charge in [0.25, 0.3) is 0 Å². The average Bonchev–Trinajstić information content (AvgIpc) is 3.03. The average molecular weight is 345 g/mol. The molecule has 0 unspecified atom stereocenters. The third-order valence-corrected chi connectivity index (χ3v) is 5.18. The molecule has 2 atom stereocenters. The zero-order chi connectivity index (χ0) is 16.9. The minimum Gasteiger partial charge on any atom is -0.374 e. The van der Waals surface area contributed by atoms with Gasteiger partial charge in [-0.25, -0.2) is 9.78 Å². The fourth-order valence-electron chi connectivity index (χ4n) is 2.81. The molecule has 2 aromatic rings. The van der Waals surface area contributed by atoms with Gasteiger partial charge in [0, 0.05) is 30.6 Å². The number of benzene rings is 1. The maximum atomic E-state index is 12.5. The van der Waals surface area contributed by atoms with Gasteiger partial charge in [-0.15, -0.1) is 11.3 Å². The SMILES string of the molecule is Cc1cnc([C@@H](C)NC(=O)N2CCO[C@H](Cc3ccccc3)C2)s1. The Hall–Kier alpha value is -1.92. The van der Waals surface area contributed by atoms with Crippen molar-refractivity contribution >= 4 is 17.4 Å². The third-order valence-electron chi connectivity index (χ3n) is 4.08. The van der Waals surface area contributed by atoms with Crippen molar-refractivity contribution in [3.8, 4) is 0 Å². The number of rotatable bonds is 4. The van der Waals surface area contributed by atoms with Gasteiger partial charge in [-0.2, -0.15) is 0 Å². The number of aromatic nitrogens is 1. The molecule has 6 heteroatoms. The molecule has 24 heavy (non-hydrogen) atoms. The Bertz CT molecular complexity index is 674. The number of urea groups is 1. The van der Waals surface area contributed by atoms with Gasteiger partial charge in [-0.1, -0.05) is 30.3 Å². The lowest BCUT2D eigenvalue weighted by Crippen LogP contribution is -2.50. The summed E-state index contributed by atoms with van der Waals surface area (Å²) < 4.78 is 5.82. The number of nitrogens with zero attached hydrogens (tertiary/aromatic N) is 2. The zero-order valence-corrected chi connectivity index (χ0v) is 14.9. The fourth-order valence-corrected chi connectivity index (χ4v) is 3.59. The van der Waals surface area contributed by atoms with Gasteiger partial charge in [-0.05, 0) is 19.4 Å². The number of amides is 2. The largest absolute Gasteiger partial charge is 0.374 e. The molecule has 1 aliphatic rings. The van der Waals surface area contributed by atoms with Crippen LogP contribution in [0, 0.1) is 6.92 Å². The Balaban J connectivity index is 1.55. The molecule has 1 N–H and O–H groups in total. The van der Waals surface area contributed by atoms with Crippen LogP contribution >= 0.6 is 11.3 Å². The van der Waals surface area contributed by atoms with E-state index in [4.69, 9.17) is 4.74 Å². The molecule has 0 spiro atoms. The highest BCUT2D eigenvalue weighted by atomic mass is 32.1. The summed E-state index contributed by atoms with van der Waals surface area (Å²) in [5, 5.41) is 3.98. The summed E-state index contributed by atoms with van der Waals surface area (Å²) in [6.07, 6.45) is 2.71. The highest BCUT2D eigenvalue weighted by Gasteiger charge is 2.25. The molecule has 0 bridgehead atoms. The number of nitrogens with one attached hydrogen (secondary N) is 1. The summed E-state index contributed by atoms with van der Waals surface area (Å²) in [4.78, 5) is 19.9. The van der Waals surface area contributed by atoms with Crippen LogP contribution in [-0.2, 0) is 11.2 Å². The van der Waals surface area contributed by atoms with Crippen molar-refractivity contribution in [1.82, 2.24) is 15.2 Å². The predicted molar refractivity (Wildman–Crippen MR) is 95.3 cm³/mol. The van der Waals surface area contributed by atoms with Crippen LogP contribution in [-0.4, -0.2) is 41.7 Å². The Morgan fingerprint density at radius 2 is 2.25 bits per heavy atom. The molecular formula is C18H23N3O2S. The van der Waals surface area contributed by atoms with E-state index in [0.717, 1.165) is 16.3 Å². The van der Waals surface area contributed by atoms with Crippen molar-refractivity contribution in [1.29, 1.82) is 0 Å². The second-order valence-electron chi connectivity index (χ2n) is 6.11. The van der Waals surface area contributed by atoms with Crippen LogP contribution < -0.4 is 5.32 Å². The van der Waals surface area contributed by atoms with Gasteiger partial charge < -0.3 is 15.0 Å². The number of ether oxygens (including phenoxy) is 1. The van der Waals surface area contributed by atoms with Crippen molar-refractivity contribution in [2.24, 2.45) is 0 Å². The summed E-state index contributed by atoms with van der Waals surface area (Å²) in [7, 11) is 0. The molecule has 5 nitrogen and oxygen atoms in total. The van der Waals surface area contributed by atoms with Crippen molar-refractivity contribution in [2.45, 2.75) is 32.4 Å². The summed E-state index contributed by atoms with van der Waals surface area (Å²) in [5.41, 5.74) is 1.23. The summed E-state index contributed by atoms with van der Waals surface area (Å²) in [6.45, 7) is 5.81. The Morgan fingerprint density at radius 1 is 1.46 bits per heavy atom. The molecule has 1 saturated heterocycles. The number of morpholine rings is 1. The van der Waals surface area contributed by atoms with E-state index in [0.29, 0.717) is 19.7 Å². The first-order chi connectivity index (χ1) is 11.6. The lowest BCUT2D eigenvalue weighted by Gasteiger charge is -2.33. The molecule has 3 rings (SSSR count). The quantitative estimate of drug-likeness (QED) is 0.926. The van der Waals surface area contributed by atoms with E-state index in [1.165, 1.54) is 5.56 Å². The smallest absolute Gasteiger partial charge is 0.318 e. The van der Waals surface area contributed by atoms with Crippen LogP contribution in [0.2, 0.25) is 0 Å². The monoisotopic (exact) mass is 345 g/mol. The first-order valence-electron chi connectivity index (χ1n) is 8.25. The molecule has 1 aromatic carbocycles.